The molecule has 0 saturated carbocycles. The van der Waals surface area contributed by atoms with Gasteiger partial charge in [0.1, 0.15) is 0 Å². The van der Waals surface area contributed by atoms with Gasteiger partial charge < -0.3 is 20.3 Å². The van der Waals surface area contributed by atoms with Gasteiger partial charge in [0, 0.05) is 51.2 Å². The van der Waals surface area contributed by atoms with Gasteiger partial charge in [0.15, 0.2) is 5.96 Å². The first-order chi connectivity index (χ1) is 12.7. The molecule has 0 amide bonds. The molecule has 0 saturated heterocycles. The Balaban J connectivity index is 0.00000364. The normalized spacial score (nSPS) is 10.7. The Hall–Kier alpha value is -2.03. The van der Waals surface area contributed by atoms with Crippen LogP contribution in [-0.2, 0) is 6.54 Å². The third-order valence-corrected chi connectivity index (χ3v) is 4.11. The van der Waals surface area contributed by atoms with Gasteiger partial charge in [0.2, 0.25) is 5.88 Å². The molecule has 1 aromatic heterocycles. The molecule has 1 heterocycles. The number of aromatic nitrogens is 1. The molecule has 0 fully saturated rings. The lowest BCUT2D eigenvalue weighted by atomic mass is 10.2. The van der Waals surface area contributed by atoms with Crippen molar-refractivity contribution < 1.29 is 4.74 Å². The Kier molecular flexibility index (Phi) is 10.5. The fourth-order valence-corrected chi connectivity index (χ4v) is 2.68. The van der Waals surface area contributed by atoms with Gasteiger partial charge in [-0.05, 0) is 43.2 Å². The second kappa shape index (κ2) is 12.4. The first-order valence-corrected chi connectivity index (χ1v) is 8.91. The molecule has 0 atom stereocenters. The summed E-state index contributed by atoms with van der Waals surface area (Å²) in [5.74, 6) is 1.39. The first-order valence-electron chi connectivity index (χ1n) is 8.91. The molecular formula is C20H30IN5O. The van der Waals surface area contributed by atoms with E-state index in [4.69, 9.17) is 4.74 Å². The van der Waals surface area contributed by atoms with Crippen LogP contribution in [0.3, 0.4) is 0 Å². The van der Waals surface area contributed by atoms with Crippen molar-refractivity contribution in [2.24, 2.45) is 4.99 Å². The molecule has 2 N–H and O–H groups in total. The minimum atomic E-state index is 0. The maximum atomic E-state index is 5.15. The van der Waals surface area contributed by atoms with Gasteiger partial charge in [-0.15, -0.1) is 24.0 Å². The van der Waals surface area contributed by atoms with Crippen molar-refractivity contribution in [2.45, 2.75) is 20.4 Å². The monoisotopic (exact) mass is 483 g/mol. The number of nitrogens with one attached hydrogen (secondary N) is 2. The summed E-state index contributed by atoms with van der Waals surface area (Å²) in [7, 11) is 3.40. The van der Waals surface area contributed by atoms with Crippen molar-refractivity contribution in [2.75, 3.05) is 38.7 Å². The summed E-state index contributed by atoms with van der Waals surface area (Å²) in [6.07, 6.45) is 1.74. The van der Waals surface area contributed by atoms with Crippen LogP contribution >= 0.6 is 24.0 Å². The van der Waals surface area contributed by atoms with Crippen molar-refractivity contribution in [3.8, 4) is 5.88 Å². The number of aliphatic imine (C=N–C) groups is 1. The van der Waals surface area contributed by atoms with E-state index in [1.807, 2.05) is 12.1 Å². The highest BCUT2D eigenvalue weighted by Crippen LogP contribution is 2.15. The highest BCUT2D eigenvalue weighted by molar-refractivity contribution is 14.0. The summed E-state index contributed by atoms with van der Waals surface area (Å²) in [5, 5.41) is 6.68. The van der Waals surface area contributed by atoms with E-state index in [0.717, 1.165) is 31.2 Å². The highest BCUT2D eigenvalue weighted by Gasteiger charge is 2.05. The Labute approximate surface area is 179 Å². The van der Waals surface area contributed by atoms with Crippen molar-refractivity contribution in [1.29, 1.82) is 0 Å². The SMILES string of the molecule is CCN(CCNC(=NC)NCc1ccnc(OC)c1)c1cccc(C)c1.I. The standard InChI is InChI=1S/C20H29N5O.HI/c1-5-25(18-8-6-7-16(2)13-18)12-11-23-20(21-3)24-15-17-9-10-22-19(14-17)26-4;/h6-10,13-14H,5,11-12,15H2,1-4H3,(H2,21,23,24);1H. The summed E-state index contributed by atoms with van der Waals surface area (Å²) in [6.45, 7) is 7.63. The largest absolute Gasteiger partial charge is 0.481 e. The van der Waals surface area contributed by atoms with Crippen LogP contribution in [0.15, 0.2) is 47.6 Å². The third-order valence-electron chi connectivity index (χ3n) is 4.11. The predicted octanol–water partition coefficient (Wildman–Crippen LogP) is 3.21. The predicted molar refractivity (Wildman–Crippen MR) is 123 cm³/mol. The van der Waals surface area contributed by atoms with Crippen LogP contribution in [0, 0.1) is 6.92 Å². The minimum Gasteiger partial charge on any atom is -0.481 e. The number of hydrogen-bond acceptors (Lipinski definition) is 4. The van der Waals surface area contributed by atoms with Crippen LogP contribution in [0.2, 0.25) is 0 Å². The van der Waals surface area contributed by atoms with E-state index in [1.165, 1.54) is 11.3 Å². The van der Waals surface area contributed by atoms with E-state index in [2.05, 4.69) is 63.6 Å². The highest BCUT2D eigenvalue weighted by atomic mass is 127. The van der Waals surface area contributed by atoms with Crippen molar-refractivity contribution >= 4 is 35.6 Å². The number of hydrogen-bond donors (Lipinski definition) is 2. The maximum absolute atomic E-state index is 5.15. The number of anilines is 1. The summed E-state index contributed by atoms with van der Waals surface area (Å²) < 4.78 is 5.15. The van der Waals surface area contributed by atoms with Crippen LogP contribution in [0.25, 0.3) is 0 Å². The number of ether oxygens (including phenoxy) is 1. The lowest BCUT2D eigenvalue weighted by molar-refractivity contribution is 0.397. The number of benzene rings is 1. The van der Waals surface area contributed by atoms with Gasteiger partial charge in [-0.2, -0.15) is 0 Å². The molecular weight excluding hydrogens is 453 g/mol. The molecule has 27 heavy (non-hydrogen) atoms. The van der Waals surface area contributed by atoms with E-state index >= 15 is 0 Å². The van der Waals surface area contributed by atoms with Gasteiger partial charge >= 0.3 is 0 Å². The first kappa shape index (κ1) is 23.0. The summed E-state index contributed by atoms with van der Waals surface area (Å²) >= 11 is 0. The van der Waals surface area contributed by atoms with E-state index in [9.17, 15) is 0 Å². The Morgan fingerprint density at radius 3 is 2.70 bits per heavy atom. The van der Waals surface area contributed by atoms with Crippen LogP contribution in [0.5, 0.6) is 5.88 Å². The average Bonchev–Trinajstić information content (AvgIpc) is 2.67. The second-order valence-corrected chi connectivity index (χ2v) is 5.98. The van der Waals surface area contributed by atoms with E-state index in [-0.39, 0.29) is 24.0 Å². The molecule has 6 nitrogen and oxygen atoms in total. The van der Waals surface area contributed by atoms with Gasteiger partial charge in [-0.3, -0.25) is 4.99 Å². The molecule has 0 unspecified atom stereocenters. The molecule has 0 aliphatic carbocycles. The van der Waals surface area contributed by atoms with Crippen LogP contribution in [0.1, 0.15) is 18.1 Å². The van der Waals surface area contributed by atoms with Crippen molar-refractivity contribution in [3.05, 3.63) is 53.7 Å². The Morgan fingerprint density at radius 1 is 1.22 bits per heavy atom. The summed E-state index contributed by atoms with van der Waals surface area (Å²) in [4.78, 5) is 10.7. The number of pyridine rings is 1. The Morgan fingerprint density at radius 2 is 2.04 bits per heavy atom. The number of rotatable bonds is 8. The molecule has 1 aromatic carbocycles. The van der Waals surface area contributed by atoms with E-state index in [1.54, 1.807) is 20.4 Å². The number of guanidine groups is 1. The third kappa shape index (κ3) is 7.62. The minimum absolute atomic E-state index is 0. The average molecular weight is 483 g/mol. The molecule has 7 heteroatoms. The molecule has 0 spiro atoms. The molecule has 2 rings (SSSR count). The van der Waals surface area contributed by atoms with Crippen LogP contribution < -0.4 is 20.3 Å². The molecule has 0 aliphatic heterocycles. The zero-order chi connectivity index (χ0) is 18.8. The van der Waals surface area contributed by atoms with E-state index in [0.29, 0.717) is 12.4 Å². The van der Waals surface area contributed by atoms with Crippen molar-refractivity contribution in [3.63, 3.8) is 0 Å². The summed E-state index contributed by atoms with van der Waals surface area (Å²) in [6, 6.07) is 12.5. The molecule has 0 bridgehead atoms. The zero-order valence-electron chi connectivity index (χ0n) is 16.5. The van der Waals surface area contributed by atoms with Crippen LogP contribution in [-0.4, -0.2) is 44.7 Å². The van der Waals surface area contributed by atoms with Gasteiger partial charge in [-0.1, -0.05) is 12.1 Å². The quantitative estimate of drug-likeness (QED) is 0.343. The molecule has 148 valence electrons. The topological polar surface area (TPSA) is 61.8 Å². The van der Waals surface area contributed by atoms with Crippen LogP contribution in [0.4, 0.5) is 5.69 Å². The van der Waals surface area contributed by atoms with Gasteiger partial charge in [-0.25, -0.2) is 4.98 Å². The second-order valence-electron chi connectivity index (χ2n) is 5.98. The molecule has 2 aromatic rings. The lowest BCUT2D eigenvalue weighted by Crippen LogP contribution is -2.41. The fourth-order valence-electron chi connectivity index (χ4n) is 2.68. The molecule has 0 radical (unpaired) electrons. The fraction of sp³-hybridized carbons (Fsp3) is 0.400. The summed E-state index contributed by atoms with van der Waals surface area (Å²) in [5.41, 5.74) is 3.62. The van der Waals surface area contributed by atoms with E-state index < -0.39 is 0 Å². The number of halogens is 1. The van der Waals surface area contributed by atoms with Gasteiger partial charge in [0.25, 0.3) is 0 Å². The number of methoxy groups -OCH3 is 1. The zero-order valence-corrected chi connectivity index (χ0v) is 18.9. The number of aryl methyl sites for hydroxylation is 1. The smallest absolute Gasteiger partial charge is 0.213 e. The number of likely N-dealkylation sites (N-methyl/N-ethyl adjacent to an activating group) is 1. The number of nitrogens with zero attached hydrogens (tertiary/aromatic N) is 3. The van der Waals surface area contributed by atoms with Gasteiger partial charge in [0.05, 0.1) is 7.11 Å². The Bertz CT molecular complexity index is 723. The van der Waals surface area contributed by atoms with Crippen molar-refractivity contribution in [1.82, 2.24) is 15.6 Å². The lowest BCUT2D eigenvalue weighted by Gasteiger charge is -2.24. The molecule has 0 aliphatic rings. The maximum Gasteiger partial charge on any atom is 0.213 e.